The van der Waals surface area contributed by atoms with Gasteiger partial charge in [-0.15, -0.1) is 0 Å². The summed E-state index contributed by atoms with van der Waals surface area (Å²) in [5, 5.41) is 1.57. The second-order valence-corrected chi connectivity index (χ2v) is 11.6. The maximum absolute atomic E-state index is 5.56. The highest BCUT2D eigenvalue weighted by Crippen LogP contribution is 2.31. The quantitative estimate of drug-likeness (QED) is 0.597. The van der Waals surface area contributed by atoms with Crippen LogP contribution in [0.25, 0.3) is 0 Å². The van der Waals surface area contributed by atoms with Crippen LogP contribution in [-0.2, 0) is 4.43 Å². The van der Waals surface area contributed by atoms with Crippen LogP contribution in [0.3, 0.4) is 0 Å². The lowest BCUT2D eigenvalue weighted by Gasteiger charge is -2.26. The average Bonchev–Trinajstić information content (AvgIpc) is 2.21. The first-order valence-electron chi connectivity index (χ1n) is 5.88. The Balaban J connectivity index is 2.10. The van der Waals surface area contributed by atoms with Crippen molar-refractivity contribution in [3.63, 3.8) is 0 Å². The van der Waals surface area contributed by atoms with E-state index in [9.17, 15) is 0 Å². The van der Waals surface area contributed by atoms with Crippen molar-refractivity contribution in [2.45, 2.75) is 55.3 Å². The molecule has 1 fully saturated rings. The summed E-state index contributed by atoms with van der Waals surface area (Å²) < 4.78 is 5.56. The van der Waals surface area contributed by atoms with E-state index in [4.69, 9.17) is 4.43 Å². The highest BCUT2D eigenvalue weighted by atomic mass is 32.2. The monoisotopic (exact) mass is 264 g/mol. The molecule has 0 radical (unpaired) electrons. The Morgan fingerprint density at radius 3 is 2.40 bits per heavy atom. The van der Waals surface area contributed by atoms with E-state index in [0.717, 1.165) is 5.25 Å². The molecule has 0 aromatic heterocycles. The Kier molecular flexibility index (Phi) is 6.11. The van der Waals surface area contributed by atoms with Crippen molar-refractivity contribution in [1.82, 2.24) is 0 Å². The first kappa shape index (κ1) is 13.9. The fourth-order valence-corrected chi connectivity index (χ4v) is 5.66. The number of hydrogen-bond acceptors (Lipinski definition) is 3. The summed E-state index contributed by atoms with van der Waals surface area (Å²) in [6.45, 7) is 4.61. The fraction of sp³-hybridized carbons (Fsp3) is 1.00. The molecule has 1 nitrogen and oxygen atoms in total. The molecule has 4 heteroatoms. The van der Waals surface area contributed by atoms with Crippen LogP contribution in [0.1, 0.15) is 25.7 Å². The zero-order valence-electron chi connectivity index (χ0n) is 10.2. The Morgan fingerprint density at radius 1 is 1.27 bits per heavy atom. The van der Waals surface area contributed by atoms with Crippen molar-refractivity contribution in [2.24, 2.45) is 0 Å². The summed E-state index contributed by atoms with van der Waals surface area (Å²) in [5.74, 6) is 1.29. The van der Waals surface area contributed by atoms with Crippen LogP contribution < -0.4 is 0 Å². The zero-order chi connectivity index (χ0) is 11.3. The number of rotatable bonds is 5. The van der Waals surface area contributed by atoms with Gasteiger partial charge in [0.2, 0.25) is 0 Å². The van der Waals surface area contributed by atoms with E-state index in [1.165, 1.54) is 37.5 Å². The maximum atomic E-state index is 5.56. The third kappa shape index (κ3) is 5.66. The largest absolute Gasteiger partial charge is 0.420 e. The fourth-order valence-electron chi connectivity index (χ4n) is 1.79. The Morgan fingerprint density at radius 2 is 1.87 bits per heavy atom. The van der Waals surface area contributed by atoms with Gasteiger partial charge in [0.05, 0.1) is 0 Å². The van der Waals surface area contributed by atoms with Gasteiger partial charge in [-0.3, -0.25) is 0 Å². The summed E-state index contributed by atoms with van der Waals surface area (Å²) in [4.78, 5) is 0. The molecule has 0 bridgehead atoms. The van der Waals surface area contributed by atoms with Crippen molar-refractivity contribution in [2.75, 3.05) is 12.9 Å². The molecule has 0 N–H and O–H groups in total. The molecule has 0 aromatic rings. The van der Waals surface area contributed by atoms with Crippen molar-refractivity contribution < 1.29 is 4.43 Å². The molecule has 0 heterocycles. The second-order valence-electron chi connectivity index (χ2n) is 5.02. The van der Waals surface area contributed by atoms with E-state index >= 15 is 0 Å². The highest BCUT2D eigenvalue weighted by molar-refractivity contribution is 8.00. The number of thiol groups is 1. The average molecular weight is 265 g/mol. The highest BCUT2D eigenvalue weighted by Gasteiger charge is 2.23. The third-order valence-electron chi connectivity index (χ3n) is 3.25. The summed E-state index contributed by atoms with van der Waals surface area (Å²) in [7, 11) is 0.553. The first-order chi connectivity index (χ1) is 7.03. The minimum absolute atomic E-state index is 0.673. The summed E-state index contributed by atoms with van der Waals surface area (Å²) >= 11 is 6.69. The molecule has 1 aliphatic rings. The van der Waals surface area contributed by atoms with Gasteiger partial charge in [-0.2, -0.15) is 24.4 Å². The smallest absolute Gasteiger partial charge is 0.187 e. The summed E-state index contributed by atoms with van der Waals surface area (Å²) in [6, 6.07) is 1.29. The minimum Gasteiger partial charge on any atom is -0.420 e. The van der Waals surface area contributed by atoms with Crippen molar-refractivity contribution in [3.8, 4) is 0 Å². The molecule has 0 atom stereocenters. The van der Waals surface area contributed by atoms with Gasteiger partial charge in [0.1, 0.15) is 0 Å². The van der Waals surface area contributed by atoms with Gasteiger partial charge in [-0.05, 0) is 50.6 Å². The van der Waals surface area contributed by atoms with Crippen molar-refractivity contribution in [1.29, 1.82) is 0 Å². The van der Waals surface area contributed by atoms with Crippen molar-refractivity contribution >= 4 is 32.7 Å². The standard InChI is InChI=1S/C11H24OS2Si/c1-12-15(2,3)9-8-14-11-6-4-10(13)5-7-11/h10-11,13H,4-9H2,1-3H3. The SMILES string of the molecule is CO[Si](C)(C)CCSC1CCC(S)CC1. The Hall–Kier alpha value is 0.877. The molecule has 0 aromatic carbocycles. The van der Waals surface area contributed by atoms with Crippen LogP contribution in [0.2, 0.25) is 19.1 Å². The number of hydrogen-bond donors (Lipinski definition) is 1. The lowest BCUT2D eigenvalue weighted by molar-refractivity contribution is 0.405. The molecule has 0 amide bonds. The molecule has 1 rings (SSSR count). The van der Waals surface area contributed by atoms with E-state index in [1.807, 2.05) is 7.11 Å². The van der Waals surface area contributed by atoms with Crippen LogP contribution in [0.4, 0.5) is 0 Å². The Labute approximate surface area is 105 Å². The third-order valence-corrected chi connectivity index (χ3v) is 8.07. The van der Waals surface area contributed by atoms with Crippen molar-refractivity contribution in [3.05, 3.63) is 0 Å². The van der Waals surface area contributed by atoms with E-state index in [-0.39, 0.29) is 0 Å². The minimum atomic E-state index is -1.31. The van der Waals surface area contributed by atoms with E-state index in [1.54, 1.807) is 0 Å². The maximum Gasteiger partial charge on any atom is 0.187 e. The van der Waals surface area contributed by atoms with E-state index < -0.39 is 8.32 Å². The molecule has 0 aliphatic heterocycles. The van der Waals surface area contributed by atoms with Gasteiger partial charge in [-0.1, -0.05) is 0 Å². The molecule has 0 unspecified atom stereocenters. The lowest BCUT2D eigenvalue weighted by atomic mass is 10.00. The van der Waals surface area contributed by atoms with Gasteiger partial charge in [-0.25, -0.2) is 0 Å². The predicted octanol–water partition coefficient (Wildman–Crippen LogP) is 3.81. The topological polar surface area (TPSA) is 9.23 Å². The first-order valence-corrected chi connectivity index (χ1v) is 10.6. The van der Waals surface area contributed by atoms with Crippen LogP contribution in [-0.4, -0.2) is 31.7 Å². The van der Waals surface area contributed by atoms with Gasteiger partial charge in [0, 0.05) is 17.6 Å². The predicted molar refractivity (Wildman–Crippen MR) is 76.8 cm³/mol. The van der Waals surface area contributed by atoms with E-state index in [0.29, 0.717) is 5.25 Å². The summed E-state index contributed by atoms with van der Waals surface area (Å²) in [5.41, 5.74) is 0. The lowest BCUT2D eigenvalue weighted by Crippen LogP contribution is -2.29. The summed E-state index contributed by atoms with van der Waals surface area (Å²) in [6.07, 6.45) is 5.36. The van der Waals surface area contributed by atoms with Crippen LogP contribution in [0.15, 0.2) is 0 Å². The number of thioether (sulfide) groups is 1. The van der Waals surface area contributed by atoms with Crippen LogP contribution >= 0.6 is 24.4 Å². The molecule has 0 saturated heterocycles. The molecule has 1 saturated carbocycles. The molecule has 15 heavy (non-hydrogen) atoms. The van der Waals surface area contributed by atoms with Gasteiger partial charge in [0.25, 0.3) is 0 Å². The second kappa shape index (κ2) is 6.57. The normalized spacial score (nSPS) is 28.0. The molecule has 1 aliphatic carbocycles. The molecule has 90 valence electrons. The van der Waals surface area contributed by atoms with Gasteiger partial charge < -0.3 is 4.43 Å². The molecular weight excluding hydrogens is 240 g/mol. The zero-order valence-corrected chi connectivity index (χ0v) is 12.9. The van der Waals surface area contributed by atoms with E-state index in [2.05, 4.69) is 37.5 Å². The van der Waals surface area contributed by atoms with Crippen LogP contribution in [0.5, 0.6) is 0 Å². The van der Waals surface area contributed by atoms with Gasteiger partial charge >= 0.3 is 0 Å². The molecular formula is C11H24OS2Si. The Bertz CT molecular complexity index is 179. The van der Waals surface area contributed by atoms with Crippen LogP contribution in [0, 0.1) is 0 Å². The molecule has 0 spiro atoms. The van der Waals surface area contributed by atoms with Gasteiger partial charge in [0.15, 0.2) is 8.32 Å².